The van der Waals surface area contributed by atoms with Gasteiger partial charge in [-0.15, -0.1) is 0 Å². The summed E-state index contributed by atoms with van der Waals surface area (Å²) in [6.45, 7) is 1.74. The van der Waals surface area contributed by atoms with Crippen molar-refractivity contribution in [2.75, 3.05) is 26.4 Å². The Morgan fingerprint density at radius 3 is 1.15 bits per heavy atom. The summed E-state index contributed by atoms with van der Waals surface area (Å²) >= 11 is 0. The summed E-state index contributed by atoms with van der Waals surface area (Å²) in [5.41, 5.74) is 0. The Morgan fingerprint density at radius 2 is 0.736 bits per heavy atom. The van der Waals surface area contributed by atoms with Crippen molar-refractivity contribution < 1.29 is 89.4 Å². The molecule has 0 bridgehead atoms. The topological polar surface area (TPSA) is 307 Å². The van der Waals surface area contributed by atoms with Crippen molar-refractivity contribution >= 4 is 5.91 Å². The van der Waals surface area contributed by atoms with Crippen molar-refractivity contribution in [2.45, 2.75) is 375 Å². The van der Waals surface area contributed by atoms with Crippen molar-refractivity contribution in [3.63, 3.8) is 0 Å². The molecule has 0 aromatic heterocycles. The molecule has 3 heterocycles. The van der Waals surface area contributed by atoms with E-state index in [4.69, 9.17) is 28.4 Å². The number of aliphatic hydroxyl groups excluding tert-OH is 11. The van der Waals surface area contributed by atoms with Crippen LogP contribution in [-0.2, 0) is 33.2 Å². The second kappa shape index (κ2) is 50.8. The van der Waals surface area contributed by atoms with Gasteiger partial charge in [-0.2, -0.15) is 0 Å². The molecular formula is C68H127NO18. The highest BCUT2D eigenvalue weighted by Crippen LogP contribution is 2.33. The van der Waals surface area contributed by atoms with Crippen LogP contribution in [0.5, 0.6) is 0 Å². The van der Waals surface area contributed by atoms with Gasteiger partial charge in [-0.05, 0) is 32.1 Å². The first kappa shape index (κ1) is 79.5. The van der Waals surface area contributed by atoms with Crippen LogP contribution in [0.15, 0.2) is 24.3 Å². The Hall–Kier alpha value is -1.73. The lowest BCUT2D eigenvalue weighted by Crippen LogP contribution is -2.66. The van der Waals surface area contributed by atoms with E-state index in [1.807, 2.05) is 6.08 Å². The Kier molecular flexibility index (Phi) is 46.4. The van der Waals surface area contributed by atoms with E-state index in [9.17, 15) is 61.0 Å². The zero-order valence-electron chi connectivity index (χ0n) is 54.0. The molecule has 0 saturated carbocycles. The first-order valence-electron chi connectivity index (χ1n) is 35.1. The third-order valence-corrected chi connectivity index (χ3v) is 17.8. The van der Waals surface area contributed by atoms with Gasteiger partial charge < -0.3 is 89.9 Å². The van der Waals surface area contributed by atoms with Crippen molar-refractivity contribution in [2.24, 2.45) is 0 Å². The molecule has 12 N–H and O–H groups in total. The molecule has 0 aromatic rings. The monoisotopic (exact) mass is 1250 g/mol. The molecule has 0 aliphatic carbocycles. The summed E-state index contributed by atoms with van der Waals surface area (Å²) in [6.07, 6.45) is 30.3. The normalized spacial score (nSPS) is 28.7. The largest absolute Gasteiger partial charge is 0.394 e. The highest BCUT2D eigenvalue weighted by Gasteiger charge is 2.53. The molecule has 3 aliphatic rings. The number of amides is 1. The molecule has 0 aromatic carbocycles. The summed E-state index contributed by atoms with van der Waals surface area (Å²) in [5.74, 6) is -0.282. The summed E-state index contributed by atoms with van der Waals surface area (Å²) in [4.78, 5) is 13.4. The molecule has 3 aliphatic heterocycles. The molecule has 87 heavy (non-hydrogen) atoms. The van der Waals surface area contributed by atoms with Crippen LogP contribution in [0, 0.1) is 0 Å². The van der Waals surface area contributed by atoms with Gasteiger partial charge >= 0.3 is 0 Å². The lowest BCUT2D eigenvalue weighted by atomic mass is 9.96. The van der Waals surface area contributed by atoms with E-state index >= 15 is 0 Å². The number of aliphatic hydroxyl groups is 11. The van der Waals surface area contributed by atoms with Gasteiger partial charge in [0.2, 0.25) is 5.91 Å². The molecular weight excluding hydrogens is 1120 g/mol. The van der Waals surface area contributed by atoms with Crippen molar-refractivity contribution in [1.29, 1.82) is 0 Å². The Labute approximate surface area is 524 Å². The van der Waals surface area contributed by atoms with Gasteiger partial charge in [0.05, 0.1) is 38.6 Å². The average Bonchev–Trinajstić information content (AvgIpc) is 2.65. The highest BCUT2D eigenvalue weighted by molar-refractivity contribution is 5.76. The molecule has 3 rings (SSSR count). The van der Waals surface area contributed by atoms with Crippen LogP contribution in [0.25, 0.3) is 0 Å². The van der Waals surface area contributed by atoms with Crippen LogP contribution < -0.4 is 5.32 Å². The molecule has 19 heteroatoms. The van der Waals surface area contributed by atoms with Crippen molar-refractivity contribution in [1.82, 2.24) is 5.32 Å². The number of hydrogen-bond acceptors (Lipinski definition) is 18. The van der Waals surface area contributed by atoms with E-state index in [1.54, 1.807) is 6.08 Å². The second-order valence-corrected chi connectivity index (χ2v) is 25.3. The van der Waals surface area contributed by atoms with Gasteiger partial charge in [-0.25, -0.2) is 0 Å². The van der Waals surface area contributed by atoms with Gasteiger partial charge in [-0.3, -0.25) is 4.79 Å². The van der Waals surface area contributed by atoms with E-state index < -0.39 is 124 Å². The number of unbranched alkanes of at least 4 members (excludes halogenated alkanes) is 36. The van der Waals surface area contributed by atoms with E-state index in [0.717, 1.165) is 38.5 Å². The lowest BCUT2D eigenvalue weighted by Gasteiger charge is -2.48. The molecule has 17 atom stereocenters. The van der Waals surface area contributed by atoms with Crippen LogP contribution in [0.1, 0.15) is 271 Å². The fourth-order valence-electron chi connectivity index (χ4n) is 12.0. The van der Waals surface area contributed by atoms with Gasteiger partial charge in [0.25, 0.3) is 0 Å². The van der Waals surface area contributed by atoms with Crippen molar-refractivity contribution in [3.8, 4) is 0 Å². The van der Waals surface area contributed by atoms with Gasteiger partial charge in [-0.1, -0.05) is 256 Å². The van der Waals surface area contributed by atoms with Crippen LogP contribution in [-0.4, -0.2) is 193 Å². The molecule has 17 unspecified atom stereocenters. The molecule has 19 nitrogen and oxygen atoms in total. The van der Waals surface area contributed by atoms with Crippen LogP contribution in [0.3, 0.4) is 0 Å². The first-order chi connectivity index (χ1) is 42.3. The molecule has 3 saturated heterocycles. The van der Waals surface area contributed by atoms with Crippen molar-refractivity contribution in [3.05, 3.63) is 24.3 Å². The predicted molar refractivity (Wildman–Crippen MR) is 337 cm³/mol. The summed E-state index contributed by atoms with van der Waals surface area (Å²) in [6, 6.07) is -0.986. The standard InChI is InChI=1S/C68H127NO18/c1-3-5-7-9-11-13-15-17-19-20-21-22-23-24-25-26-27-28-29-30-31-32-33-35-37-39-41-43-45-52(73)51(69-56(74)46-44-42-40-38-36-34-18-16-14-12-10-8-6-4-2)50-82-66-62(80)59(77)64(54(48-71)84-66)87-68-63(81)60(78)65(55(49-72)85-68)86-67-61(79)58(76)57(75)53(47-70)83-67/h35,37,43,45,51-55,57-68,70-73,75-81H,3-34,36,38-42,44,46-50H2,1-2H3,(H,69,74)/b37-35+,45-43+. The van der Waals surface area contributed by atoms with E-state index in [0.29, 0.717) is 12.8 Å². The summed E-state index contributed by atoms with van der Waals surface area (Å²) in [7, 11) is 0. The maximum absolute atomic E-state index is 13.4. The third kappa shape index (κ3) is 33.1. The average molecular weight is 1250 g/mol. The lowest BCUT2D eigenvalue weighted by molar-refractivity contribution is -0.379. The SMILES string of the molecule is CCCCCCCCCCCCCCCCCCCCCCCC/C=C/CC/C=C/C(O)C(COC1OC(CO)C(OC2OC(CO)C(OC3OC(CO)C(O)C(O)C3O)C(O)C2O)C(O)C1O)NC(=O)CCCCCCCCCCCCCCCC. The van der Waals surface area contributed by atoms with E-state index in [-0.39, 0.29) is 18.9 Å². The summed E-state index contributed by atoms with van der Waals surface area (Å²) < 4.78 is 34.3. The molecule has 0 radical (unpaired) electrons. The number of carbonyl (C=O) groups is 1. The Morgan fingerprint density at radius 1 is 0.402 bits per heavy atom. The fourth-order valence-corrected chi connectivity index (χ4v) is 12.0. The van der Waals surface area contributed by atoms with Gasteiger partial charge in [0, 0.05) is 6.42 Å². The minimum Gasteiger partial charge on any atom is -0.394 e. The van der Waals surface area contributed by atoms with E-state index in [2.05, 4.69) is 31.3 Å². The number of rotatable bonds is 54. The maximum atomic E-state index is 13.4. The predicted octanol–water partition coefficient (Wildman–Crippen LogP) is 9.05. The van der Waals surface area contributed by atoms with Gasteiger partial charge in [0.1, 0.15) is 73.2 Å². The maximum Gasteiger partial charge on any atom is 0.220 e. The number of allylic oxidation sites excluding steroid dienone is 3. The quantitative estimate of drug-likeness (QED) is 0.0200. The minimum atomic E-state index is -1.98. The number of nitrogens with one attached hydrogen (secondary N) is 1. The number of ether oxygens (including phenoxy) is 6. The zero-order valence-corrected chi connectivity index (χ0v) is 54.0. The third-order valence-electron chi connectivity index (χ3n) is 17.8. The van der Waals surface area contributed by atoms with Crippen LogP contribution in [0.2, 0.25) is 0 Å². The summed E-state index contributed by atoms with van der Waals surface area (Å²) in [5, 5.41) is 120. The Bertz CT molecular complexity index is 1680. The zero-order chi connectivity index (χ0) is 63.3. The highest BCUT2D eigenvalue weighted by atomic mass is 16.8. The van der Waals surface area contributed by atoms with E-state index in [1.165, 1.54) is 199 Å². The van der Waals surface area contributed by atoms with Crippen LogP contribution in [0.4, 0.5) is 0 Å². The number of carbonyl (C=O) groups excluding carboxylic acids is 1. The fraction of sp³-hybridized carbons (Fsp3) is 0.926. The molecule has 512 valence electrons. The smallest absolute Gasteiger partial charge is 0.220 e. The van der Waals surface area contributed by atoms with Gasteiger partial charge in [0.15, 0.2) is 18.9 Å². The second-order valence-electron chi connectivity index (χ2n) is 25.3. The first-order valence-corrected chi connectivity index (χ1v) is 35.1. The van der Waals surface area contributed by atoms with Crippen LogP contribution >= 0.6 is 0 Å². The molecule has 3 fully saturated rings. The Balaban J connectivity index is 1.42. The number of hydrogen-bond donors (Lipinski definition) is 12. The molecule has 1 amide bonds. The minimum absolute atomic E-state index is 0.240. The molecule has 0 spiro atoms.